The van der Waals surface area contributed by atoms with Gasteiger partial charge in [-0.3, -0.25) is 9.78 Å². The summed E-state index contributed by atoms with van der Waals surface area (Å²) in [6, 6.07) is 22.7. The van der Waals surface area contributed by atoms with Gasteiger partial charge in [0.25, 0.3) is 5.91 Å². The van der Waals surface area contributed by atoms with E-state index in [1.54, 1.807) is 24.6 Å². The molecule has 1 amide bonds. The van der Waals surface area contributed by atoms with E-state index in [2.05, 4.69) is 29.5 Å². The van der Waals surface area contributed by atoms with Gasteiger partial charge in [0, 0.05) is 34.0 Å². The molecule has 4 aromatic rings. The number of thiophene rings is 1. The number of aromatic nitrogens is 1. The molecule has 0 aliphatic heterocycles. The molecule has 0 unspecified atom stereocenters. The fraction of sp³-hybridized carbons (Fsp3) is 0.154. The summed E-state index contributed by atoms with van der Waals surface area (Å²) in [6.07, 6.45) is 1.78. The van der Waals surface area contributed by atoms with Crippen molar-refractivity contribution in [2.45, 2.75) is 19.9 Å². The fourth-order valence-corrected chi connectivity index (χ4v) is 4.66. The molecule has 6 heteroatoms. The number of aryl methyl sites for hydroxylation is 1. The van der Waals surface area contributed by atoms with Crippen LogP contribution in [0.2, 0.25) is 0 Å². The maximum absolute atomic E-state index is 12.9. The third-order valence-corrected chi connectivity index (χ3v) is 6.49. The van der Waals surface area contributed by atoms with E-state index in [1.807, 2.05) is 72.8 Å². The van der Waals surface area contributed by atoms with E-state index >= 15 is 0 Å². The number of hydrogen-bond acceptors (Lipinski definition) is 5. The maximum atomic E-state index is 12.9. The van der Waals surface area contributed by atoms with Gasteiger partial charge < -0.3 is 15.4 Å². The Kier molecular flexibility index (Phi) is 6.52. The highest BCUT2D eigenvalue weighted by molar-refractivity contribution is 7.16. The number of nitrogens with one attached hydrogen (secondary N) is 2. The zero-order valence-corrected chi connectivity index (χ0v) is 19.1. The predicted octanol–water partition coefficient (Wildman–Crippen LogP) is 6.22. The summed E-state index contributed by atoms with van der Waals surface area (Å²) in [5.41, 5.74) is 4.54. The van der Waals surface area contributed by atoms with Gasteiger partial charge in [-0.05, 0) is 55.8 Å². The quantitative estimate of drug-likeness (QED) is 0.356. The van der Waals surface area contributed by atoms with Crippen molar-refractivity contribution in [3.8, 4) is 5.75 Å². The van der Waals surface area contributed by atoms with Gasteiger partial charge in [-0.25, -0.2) is 0 Å². The SMILES string of the molecule is COc1cccc(N[C@@H](c2ccccn2)c2c(NC(=O)c3ccccc3)sc(C)c2C)c1. The second-order valence-corrected chi connectivity index (χ2v) is 8.63. The Morgan fingerprint density at radius 3 is 2.50 bits per heavy atom. The zero-order valence-electron chi connectivity index (χ0n) is 18.3. The minimum Gasteiger partial charge on any atom is -0.497 e. The van der Waals surface area contributed by atoms with Crippen LogP contribution in [0.25, 0.3) is 0 Å². The molecule has 0 spiro atoms. The number of benzene rings is 2. The van der Waals surface area contributed by atoms with Crippen LogP contribution in [-0.4, -0.2) is 18.0 Å². The molecule has 0 saturated carbocycles. The summed E-state index contributed by atoms with van der Waals surface area (Å²) in [5.74, 6) is 0.639. The highest BCUT2D eigenvalue weighted by atomic mass is 32.1. The molecule has 0 aliphatic rings. The average molecular weight is 444 g/mol. The minimum atomic E-state index is -0.251. The van der Waals surface area contributed by atoms with Gasteiger partial charge in [0.1, 0.15) is 10.8 Å². The van der Waals surface area contributed by atoms with Gasteiger partial charge in [0.15, 0.2) is 0 Å². The molecule has 5 nitrogen and oxygen atoms in total. The maximum Gasteiger partial charge on any atom is 0.256 e. The lowest BCUT2D eigenvalue weighted by Crippen LogP contribution is -2.18. The summed E-state index contributed by atoms with van der Waals surface area (Å²) in [5, 5.41) is 7.56. The Morgan fingerprint density at radius 2 is 1.78 bits per heavy atom. The molecule has 162 valence electrons. The van der Waals surface area contributed by atoms with Crippen LogP contribution in [0.4, 0.5) is 10.7 Å². The number of rotatable bonds is 7. The summed E-state index contributed by atoms with van der Waals surface area (Å²) in [7, 11) is 1.65. The van der Waals surface area contributed by atoms with Crippen LogP contribution in [0, 0.1) is 13.8 Å². The van der Waals surface area contributed by atoms with Crippen molar-refractivity contribution in [2.75, 3.05) is 17.7 Å². The fourth-order valence-electron chi connectivity index (χ4n) is 3.57. The molecular formula is C26H25N3O2S. The Bertz CT molecular complexity index is 1210. The summed E-state index contributed by atoms with van der Waals surface area (Å²) < 4.78 is 5.39. The molecule has 2 heterocycles. The van der Waals surface area contributed by atoms with Crippen LogP contribution < -0.4 is 15.4 Å². The van der Waals surface area contributed by atoms with Gasteiger partial charge >= 0.3 is 0 Å². The van der Waals surface area contributed by atoms with Gasteiger partial charge in [0.05, 0.1) is 18.8 Å². The van der Waals surface area contributed by atoms with Crippen molar-refractivity contribution in [1.29, 1.82) is 0 Å². The van der Waals surface area contributed by atoms with E-state index in [9.17, 15) is 4.79 Å². The van der Waals surface area contributed by atoms with Crippen molar-refractivity contribution in [2.24, 2.45) is 0 Å². The zero-order chi connectivity index (χ0) is 22.5. The normalized spacial score (nSPS) is 11.6. The van der Waals surface area contributed by atoms with Crippen molar-refractivity contribution in [3.05, 3.63) is 106 Å². The second kappa shape index (κ2) is 9.66. The lowest BCUT2D eigenvalue weighted by molar-refractivity contribution is 0.102. The average Bonchev–Trinajstić information content (AvgIpc) is 3.11. The second-order valence-electron chi connectivity index (χ2n) is 7.41. The van der Waals surface area contributed by atoms with Crippen molar-refractivity contribution < 1.29 is 9.53 Å². The van der Waals surface area contributed by atoms with Crippen LogP contribution in [0.1, 0.15) is 38.1 Å². The number of methoxy groups -OCH3 is 1. The lowest BCUT2D eigenvalue weighted by Gasteiger charge is -2.22. The van der Waals surface area contributed by atoms with Crippen molar-refractivity contribution in [3.63, 3.8) is 0 Å². The lowest BCUT2D eigenvalue weighted by atomic mass is 9.99. The van der Waals surface area contributed by atoms with E-state index in [0.717, 1.165) is 38.1 Å². The summed E-state index contributed by atoms with van der Waals surface area (Å²) in [6.45, 7) is 4.16. The monoisotopic (exact) mass is 443 g/mol. The first-order valence-electron chi connectivity index (χ1n) is 10.3. The van der Waals surface area contributed by atoms with Crippen molar-refractivity contribution >= 4 is 27.9 Å². The Morgan fingerprint density at radius 1 is 1.00 bits per heavy atom. The molecule has 0 aliphatic carbocycles. The number of carbonyl (C=O) groups excluding carboxylic acids is 1. The van der Waals surface area contributed by atoms with E-state index in [0.29, 0.717) is 5.56 Å². The number of pyridine rings is 1. The first kappa shape index (κ1) is 21.6. The molecule has 2 aromatic heterocycles. The third kappa shape index (κ3) is 4.65. The van der Waals surface area contributed by atoms with Crippen LogP contribution in [0.15, 0.2) is 79.0 Å². The Labute approximate surface area is 192 Å². The largest absolute Gasteiger partial charge is 0.497 e. The molecule has 0 fully saturated rings. The first-order chi connectivity index (χ1) is 15.6. The van der Waals surface area contributed by atoms with Gasteiger partial charge in [-0.1, -0.05) is 30.3 Å². The smallest absolute Gasteiger partial charge is 0.256 e. The molecule has 2 aromatic carbocycles. The highest BCUT2D eigenvalue weighted by Crippen LogP contribution is 2.40. The number of carbonyl (C=O) groups is 1. The number of hydrogen-bond donors (Lipinski definition) is 2. The molecule has 2 N–H and O–H groups in total. The number of nitrogens with zero attached hydrogens (tertiary/aromatic N) is 1. The predicted molar refractivity (Wildman–Crippen MR) is 131 cm³/mol. The Hall–Kier alpha value is -3.64. The van der Waals surface area contributed by atoms with Crippen LogP contribution in [-0.2, 0) is 0 Å². The van der Waals surface area contributed by atoms with Crippen molar-refractivity contribution in [1.82, 2.24) is 4.98 Å². The third-order valence-electron chi connectivity index (χ3n) is 5.35. The molecule has 4 rings (SSSR count). The number of amides is 1. The number of anilines is 2. The molecule has 32 heavy (non-hydrogen) atoms. The molecule has 0 radical (unpaired) electrons. The van der Waals surface area contributed by atoms with Gasteiger partial charge in [-0.15, -0.1) is 11.3 Å². The standard InChI is InChI=1S/C26H25N3O2S/c1-17-18(2)32-26(29-25(30)19-10-5-4-6-11-19)23(17)24(22-14-7-8-15-27-22)28-20-12-9-13-21(16-20)31-3/h4-16,24,28H,1-3H3,(H,29,30)/t24-/m0/s1. The van der Waals surface area contributed by atoms with E-state index in [-0.39, 0.29) is 11.9 Å². The summed E-state index contributed by atoms with van der Waals surface area (Å²) >= 11 is 1.58. The van der Waals surface area contributed by atoms with Crippen LogP contribution in [0.5, 0.6) is 5.75 Å². The highest BCUT2D eigenvalue weighted by Gasteiger charge is 2.25. The van der Waals surface area contributed by atoms with Crippen LogP contribution >= 0.6 is 11.3 Å². The molecule has 0 saturated heterocycles. The van der Waals surface area contributed by atoms with E-state index < -0.39 is 0 Å². The van der Waals surface area contributed by atoms with Crippen LogP contribution in [0.3, 0.4) is 0 Å². The van der Waals surface area contributed by atoms with Gasteiger partial charge in [0.2, 0.25) is 0 Å². The minimum absolute atomic E-state index is 0.130. The summed E-state index contributed by atoms with van der Waals surface area (Å²) in [4.78, 5) is 18.7. The Balaban J connectivity index is 1.76. The van der Waals surface area contributed by atoms with E-state index in [1.165, 1.54) is 0 Å². The topological polar surface area (TPSA) is 63.2 Å². The molecular weight excluding hydrogens is 418 g/mol. The molecule has 0 bridgehead atoms. The van der Waals surface area contributed by atoms with Gasteiger partial charge in [-0.2, -0.15) is 0 Å². The van der Waals surface area contributed by atoms with E-state index in [4.69, 9.17) is 4.74 Å². The number of ether oxygens (including phenoxy) is 1. The first-order valence-corrected chi connectivity index (χ1v) is 11.2. The molecule has 1 atom stereocenters.